The predicted molar refractivity (Wildman–Crippen MR) is 63.9 cm³/mol. The van der Waals surface area contributed by atoms with Crippen LogP contribution < -0.4 is 0 Å². The molecule has 4 heteroatoms. The quantitative estimate of drug-likeness (QED) is 0.827. The molecule has 0 aromatic heterocycles. The van der Waals surface area contributed by atoms with Gasteiger partial charge in [0, 0.05) is 0 Å². The molecule has 0 saturated heterocycles. The first-order valence-corrected chi connectivity index (χ1v) is 5.59. The Hall–Kier alpha value is -1.55. The van der Waals surface area contributed by atoms with Gasteiger partial charge < -0.3 is 14.9 Å². The number of benzene rings is 1. The van der Waals surface area contributed by atoms with Crippen LogP contribution in [0.2, 0.25) is 0 Å². The van der Waals surface area contributed by atoms with E-state index < -0.39 is 11.6 Å². The number of carbonyl (C=O) groups is 1. The van der Waals surface area contributed by atoms with Crippen LogP contribution in [0.1, 0.15) is 38.9 Å². The maximum atomic E-state index is 11.1. The van der Waals surface area contributed by atoms with Crippen LogP contribution in [0.5, 0.6) is 5.75 Å². The first-order chi connectivity index (χ1) is 7.89. The van der Waals surface area contributed by atoms with E-state index in [1.807, 2.05) is 0 Å². The Balaban J connectivity index is 2.81. The average molecular weight is 238 g/mol. The maximum Gasteiger partial charge on any atom is 0.335 e. The summed E-state index contributed by atoms with van der Waals surface area (Å²) in [6.07, 6.45) is 0.0572. The van der Waals surface area contributed by atoms with Crippen molar-refractivity contribution >= 4 is 5.97 Å². The van der Waals surface area contributed by atoms with Gasteiger partial charge in [0.15, 0.2) is 5.60 Å². The number of hydrogen-bond acceptors (Lipinski definition) is 3. The van der Waals surface area contributed by atoms with Crippen LogP contribution in [-0.4, -0.2) is 21.8 Å². The number of ether oxygens (including phenoxy) is 1. The molecule has 0 bridgehead atoms. The van der Waals surface area contributed by atoms with Crippen LogP contribution in [0.3, 0.4) is 0 Å². The number of carboxylic acid groups (broad SMARTS) is 1. The summed E-state index contributed by atoms with van der Waals surface area (Å²) >= 11 is 0. The lowest BCUT2D eigenvalue weighted by molar-refractivity contribution is -0.171. The van der Waals surface area contributed by atoms with Gasteiger partial charge >= 0.3 is 5.97 Å². The van der Waals surface area contributed by atoms with E-state index in [0.29, 0.717) is 6.42 Å². The van der Waals surface area contributed by atoms with Gasteiger partial charge in [-0.05, 0) is 38.0 Å². The molecule has 1 aromatic rings. The first kappa shape index (κ1) is 13.5. The highest BCUT2D eigenvalue weighted by atomic mass is 16.5. The van der Waals surface area contributed by atoms with Gasteiger partial charge in [-0.3, -0.25) is 0 Å². The highest BCUT2D eigenvalue weighted by Gasteiger charge is 2.34. The summed E-state index contributed by atoms with van der Waals surface area (Å²) in [6, 6.07) is 6.55. The SMILES string of the molecule is CC[C@](C)(O[C@@H](C)c1ccc(O)cc1)C(=O)O. The Morgan fingerprint density at radius 2 is 1.94 bits per heavy atom. The maximum absolute atomic E-state index is 11.1. The summed E-state index contributed by atoms with van der Waals surface area (Å²) in [4.78, 5) is 11.1. The van der Waals surface area contributed by atoms with Gasteiger partial charge in [-0.15, -0.1) is 0 Å². The Bertz CT molecular complexity index is 385. The second-order valence-corrected chi connectivity index (χ2v) is 4.24. The number of rotatable bonds is 5. The highest BCUT2D eigenvalue weighted by molar-refractivity contribution is 5.76. The Morgan fingerprint density at radius 3 is 2.35 bits per heavy atom. The minimum atomic E-state index is -1.18. The monoisotopic (exact) mass is 238 g/mol. The predicted octanol–water partition coefficient (Wildman–Crippen LogP) is 2.72. The lowest BCUT2D eigenvalue weighted by Gasteiger charge is -2.28. The number of aromatic hydroxyl groups is 1. The summed E-state index contributed by atoms with van der Waals surface area (Å²) in [5.41, 5.74) is -0.346. The largest absolute Gasteiger partial charge is 0.508 e. The van der Waals surface area contributed by atoms with Crippen LogP contribution in [0, 0.1) is 0 Å². The molecular formula is C13H18O4. The average Bonchev–Trinajstić information content (AvgIpc) is 2.29. The van der Waals surface area contributed by atoms with Gasteiger partial charge in [-0.1, -0.05) is 19.1 Å². The fraction of sp³-hybridized carbons (Fsp3) is 0.462. The van der Waals surface area contributed by atoms with Crippen molar-refractivity contribution in [3.8, 4) is 5.75 Å². The molecular weight excluding hydrogens is 220 g/mol. The van der Waals surface area contributed by atoms with E-state index in [-0.39, 0.29) is 11.9 Å². The minimum absolute atomic E-state index is 0.178. The Morgan fingerprint density at radius 1 is 1.41 bits per heavy atom. The molecule has 0 unspecified atom stereocenters. The number of phenolic OH excluding ortho intramolecular Hbond substituents is 1. The third-order valence-corrected chi connectivity index (χ3v) is 2.93. The lowest BCUT2D eigenvalue weighted by Crippen LogP contribution is -2.38. The highest BCUT2D eigenvalue weighted by Crippen LogP contribution is 2.27. The van der Waals surface area contributed by atoms with Gasteiger partial charge in [0.1, 0.15) is 5.75 Å². The molecule has 0 heterocycles. The number of aliphatic carboxylic acids is 1. The third-order valence-electron chi connectivity index (χ3n) is 2.93. The molecule has 0 amide bonds. The van der Waals surface area contributed by atoms with E-state index in [2.05, 4.69) is 0 Å². The van der Waals surface area contributed by atoms with Crippen molar-refractivity contribution in [3.63, 3.8) is 0 Å². The Kier molecular flexibility index (Phi) is 4.12. The summed E-state index contributed by atoms with van der Waals surface area (Å²) in [6.45, 7) is 5.13. The molecule has 1 aromatic carbocycles. The van der Waals surface area contributed by atoms with Crippen LogP contribution >= 0.6 is 0 Å². The minimum Gasteiger partial charge on any atom is -0.508 e. The second-order valence-electron chi connectivity index (χ2n) is 4.24. The number of carboxylic acids is 1. The first-order valence-electron chi connectivity index (χ1n) is 5.59. The second kappa shape index (κ2) is 5.19. The zero-order valence-corrected chi connectivity index (χ0v) is 10.3. The fourth-order valence-electron chi connectivity index (χ4n) is 1.49. The van der Waals surface area contributed by atoms with Crippen molar-refractivity contribution < 1.29 is 19.7 Å². The molecule has 0 radical (unpaired) electrons. The van der Waals surface area contributed by atoms with Crippen molar-refractivity contribution in [1.29, 1.82) is 0 Å². The van der Waals surface area contributed by atoms with Gasteiger partial charge in [-0.2, -0.15) is 0 Å². The Labute approximate surface area is 101 Å². The molecule has 0 spiro atoms. The molecule has 2 N–H and O–H groups in total. The molecule has 2 atom stereocenters. The van der Waals surface area contributed by atoms with Crippen LogP contribution in [0.15, 0.2) is 24.3 Å². The summed E-state index contributed by atoms with van der Waals surface area (Å²) in [5, 5.41) is 18.3. The van der Waals surface area contributed by atoms with E-state index in [4.69, 9.17) is 9.84 Å². The number of hydrogen-bond donors (Lipinski definition) is 2. The van der Waals surface area contributed by atoms with E-state index in [1.165, 1.54) is 0 Å². The van der Waals surface area contributed by atoms with Gasteiger partial charge in [0.05, 0.1) is 6.10 Å². The molecule has 0 saturated carbocycles. The zero-order valence-electron chi connectivity index (χ0n) is 10.3. The molecule has 4 nitrogen and oxygen atoms in total. The van der Waals surface area contributed by atoms with E-state index in [1.54, 1.807) is 45.0 Å². The third kappa shape index (κ3) is 3.20. The smallest absolute Gasteiger partial charge is 0.335 e. The molecule has 0 fully saturated rings. The van der Waals surface area contributed by atoms with Crippen molar-refractivity contribution in [2.45, 2.75) is 38.9 Å². The van der Waals surface area contributed by atoms with Crippen LogP contribution in [0.4, 0.5) is 0 Å². The fourth-order valence-corrected chi connectivity index (χ4v) is 1.49. The van der Waals surface area contributed by atoms with Crippen molar-refractivity contribution in [2.75, 3.05) is 0 Å². The van der Waals surface area contributed by atoms with Crippen LogP contribution in [-0.2, 0) is 9.53 Å². The van der Waals surface area contributed by atoms with Gasteiger partial charge in [-0.25, -0.2) is 4.79 Å². The van der Waals surface area contributed by atoms with E-state index >= 15 is 0 Å². The van der Waals surface area contributed by atoms with Crippen molar-refractivity contribution in [3.05, 3.63) is 29.8 Å². The van der Waals surface area contributed by atoms with Crippen molar-refractivity contribution in [1.82, 2.24) is 0 Å². The molecule has 0 aliphatic heterocycles. The van der Waals surface area contributed by atoms with E-state index in [0.717, 1.165) is 5.56 Å². The zero-order chi connectivity index (χ0) is 13.1. The van der Waals surface area contributed by atoms with E-state index in [9.17, 15) is 9.90 Å². The number of phenols is 1. The summed E-state index contributed by atoms with van der Waals surface area (Å²) < 4.78 is 5.59. The van der Waals surface area contributed by atoms with Gasteiger partial charge in [0.25, 0.3) is 0 Å². The summed E-state index contributed by atoms with van der Waals surface area (Å²) in [5.74, 6) is -0.789. The van der Waals surface area contributed by atoms with Gasteiger partial charge in [0.2, 0.25) is 0 Å². The molecule has 17 heavy (non-hydrogen) atoms. The standard InChI is InChI=1S/C13H18O4/c1-4-13(3,12(15)16)17-9(2)10-5-7-11(14)8-6-10/h5-9,14H,4H2,1-3H3,(H,15,16)/t9-,13-/m0/s1. The normalized spacial score (nSPS) is 16.2. The molecule has 0 aliphatic carbocycles. The molecule has 1 rings (SSSR count). The lowest BCUT2D eigenvalue weighted by atomic mass is 10.0. The molecule has 0 aliphatic rings. The summed E-state index contributed by atoms with van der Waals surface area (Å²) in [7, 11) is 0. The topological polar surface area (TPSA) is 66.8 Å². The van der Waals surface area contributed by atoms with Crippen molar-refractivity contribution in [2.24, 2.45) is 0 Å². The molecule has 94 valence electrons. The van der Waals surface area contributed by atoms with Crippen LogP contribution in [0.25, 0.3) is 0 Å².